The predicted molar refractivity (Wildman–Crippen MR) is 81.2 cm³/mol. The van der Waals surface area contributed by atoms with Gasteiger partial charge in [0.25, 0.3) is 5.91 Å². The molecule has 0 aromatic carbocycles. The minimum absolute atomic E-state index is 0.124. The molecule has 1 amide bonds. The molecule has 1 saturated heterocycles. The van der Waals surface area contributed by atoms with E-state index in [0.29, 0.717) is 10.4 Å². The van der Waals surface area contributed by atoms with Crippen molar-refractivity contribution in [1.29, 1.82) is 0 Å². The number of halogens is 1. The smallest absolute Gasteiger partial charge is 0.264 e. The summed E-state index contributed by atoms with van der Waals surface area (Å²) in [6, 6.07) is 4.08. The molecule has 0 aliphatic carbocycles. The second kappa shape index (κ2) is 7.27. The van der Waals surface area contributed by atoms with Gasteiger partial charge in [0.1, 0.15) is 0 Å². The molecule has 2 heterocycles. The minimum atomic E-state index is 0.124. The van der Waals surface area contributed by atoms with Crippen molar-refractivity contribution < 1.29 is 4.79 Å². The van der Waals surface area contributed by atoms with E-state index in [2.05, 4.69) is 12.2 Å². The van der Waals surface area contributed by atoms with Crippen LogP contribution in [0.2, 0.25) is 4.34 Å². The van der Waals surface area contributed by atoms with E-state index in [1.54, 1.807) is 6.07 Å². The number of carbonyl (C=O) groups excluding carboxylic acids is 1. The molecule has 1 unspecified atom stereocenters. The van der Waals surface area contributed by atoms with E-state index in [1.165, 1.54) is 24.2 Å². The highest BCUT2D eigenvalue weighted by molar-refractivity contribution is 7.17. The first-order chi connectivity index (χ1) is 9.20. The summed E-state index contributed by atoms with van der Waals surface area (Å²) in [4.78, 5) is 15.2. The lowest BCUT2D eigenvalue weighted by Gasteiger charge is -2.25. The molecule has 1 aliphatic rings. The number of rotatable bonds is 6. The Morgan fingerprint density at radius 2 is 2.42 bits per heavy atom. The molecule has 1 N–H and O–H groups in total. The largest absolute Gasteiger partial charge is 0.336 e. The molecule has 0 spiro atoms. The number of unbranched alkanes of at least 4 members (excludes halogenated alkanes) is 1. The topological polar surface area (TPSA) is 32.3 Å². The molecule has 1 aromatic rings. The van der Waals surface area contributed by atoms with E-state index in [1.807, 2.05) is 11.0 Å². The van der Waals surface area contributed by atoms with Gasteiger partial charge in [-0.1, -0.05) is 24.9 Å². The Balaban J connectivity index is 2.00. The Morgan fingerprint density at radius 3 is 3.00 bits per heavy atom. The van der Waals surface area contributed by atoms with Gasteiger partial charge >= 0.3 is 0 Å². The van der Waals surface area contributed by atoms with Crippen molar-refractivity contribution in [2.24, 2.45) is 0 Å². The van der Waals surface area contributed by atoms with E-state index in [9.17, 15) is 4.79 Å². The Hall–Kier alpha value is -0.580. The van der Waals surface area contributed by atoms with E-state index in [-0.39, 0.29) is 5.91 Å². The number of hydrogen-bond acceptors (Lipinski definition) is 3. The maximum Gasteiger partial charge on any atom is 0.264 e. The van der Waals surface area contributed by atoms with E-state index >= 15 is 0 Å². The Kier molecular flexibility index (Phi) is 5.67. The highest BCUT2D eigenvalue weighted by Crippen LogP contribution is 2.23. The van der Waals surface area contributed by atoms with Crippen LogP contribution < -0.4 is 5.32 Å². The third-order valence-electron chi connectivity index (χ3n) is 3.46. The van der Waals surface area contributed by atoms with Crippen molar-refractivity contribution in [3.05, 3.63) is 21.3 Å². The van der Waals surface area contributed by atoms with Crippen LogP contribution in [0.1, 0.15) is 42.3 Å². The van der Waals surface area contributed by atoms with Crippen LogP contribution in [-0.2, 0) is 0 Å². The number of hydrogen-bond donors (Lipinski definition) is 1. The first-order valence-electron chi connectivity index (χ1n) is 6.98. The van der Waals surface area contributed by atoms with Crippen LogP contribution in [0.15, 0.2) is 12.1 Å². The Bertz CT molecular complexity index is 415. The summed E-state index contributed by atoms with van der Waals surface area (Å²) in [6.45, 7) is 4.88. The van der Waals surface area contributed by atoms with Crippen LogP contribution in [0.4, 0.5) is 0 Å². The monoisotopic (exact) mass is 300 g/mol. The van der Waals surface area contributed by atoms with E-state index in [4.69, 9.17) is 11.6 Å². The fraction of sp³-hybridized carbons (Fsp3) is 0.643. The van der Waals surface area contributed by atoms with E-state index in [0.717, 1.165) is 37.4 Å². The minimum Gasteiger partial charge on any atom is -0.336 e. The lowest BCUT2D eigenvalue weighted by atomic mass is 10.2. The predicted octanol–water partition coefficient (Wildman–Crippen LogP) is 3.40. The zero-order chi connectivity index (χ0) is 13.7. The lowest BCUT2D eigenvalue weighted by Crippen LogP contribution is -2.41. The molecule has 1 atom stereocenters. The van der Waals surface area contributed by atoms with Crippen molar-refractivity contribution in [2.75, 3.05) is 19.6 Å². The van der Waals surface area contributed by atoms with Gasteiger partial charge in [0.2, 0.25) is 0 Å². The number of nitrogens with one attached hydrogen (secondary N) is 1. The summed E-state index contributed by atoms with van der Waals surface area (Å²) in [7, 11) is 0. The zero-order valence-electron chi connectivity index (χ0n) is 11.3. The number of carbonyl (C=O) groups is 1. The molecule has 106 valence electrons. The summed E-state index contributed by atoms with van der Waals surface area (Å²) >= 11 is 7.29. The van der Waals surface area contributed by atoms with Crippen LogP contribution in [-0.4, -0.2) is 36.5 Å². The fourth-order valence-corrected chi connectivity index (χ4v) is 3.40. The summed E-state index contributed by atoms with van der Waals surface area (Å²) in [6.07, 6.45) is 4.54. The Morgan fingerprint density at radius 1 is 1.58 bits per heavy atom. The van der Waals surface area contributed by atoms with Gasteiger partial charge in [-0.25, -0.2) is 0 Å². The van der Waals surface area contributed by atoms with Crippen LogP contribution in [0, 0.1) is 0 Å². The summed E-state index contributed by atoms with van der Waals surface area (Å²) < 4.78 is 0.679. The summed E-state index contributed by atoms with van der Waals surface area (Å²) in [5, 5.41) is 3.46. The summed E-state index contributed by atoms with van der Waals surface area (Å²) in [5.41, 5.74) is 0. The average Bonchev–Trinajstić information content (AvgIpc) is 3.05. The van der Waals surface area contributed by atoms with Crippen molar-refractivity contribution in [3.63, 3.8) is 0 Å². The van der Waals surface area contributed by atoms with Gasteiger partial charge in [0.15, 0.2) is 0 Å². The van der Waals surface area contributed by atoms with Crippen molar-refractivity contribution in [2.45, 2.75) is 38.6 Å². The molecular formula is C14H21ClN2OS. The number of amides is 1. The summed E-state index contributed by atoms with van der Waals surface area (Å²) in [5.74, 6) is 0.124. The SMILES string of the molecule is CCCCN(CC1CCCN1)C(=O)c1ccc(Cl)s1. The third kappa shape index (κ3) is 4.20. The Labute approximate surface area is 123 Å². The second-order valence-corrected chi connectivity index (χ2v) is 6.72. The molecule has 0 radical (unpaired) electrons. The normalized spacial score (nSPS) is 18.7. The van der Waals surface area contributed by atoms with Gasteiger partial charge in [-0.15, -0.1) is 11.3 Å². The first kappa shape index (κ1) is 14.8. The second-order valence-electron chi connectivity index (χ2n) is 5.00. The van der Waals surface area contributed by atoms with Gasteiger partial charge in [0, 0.05) is 19.1 Å². The van der Waals surface area contributed by atoms with Crippen molar-refractivity contribution >= 4 is 28.8 Å². The van der Waals surface area contributed by atoms with Gasteiger partial charge in [-0.3, -0.25) is 4.79 Å². The molecule has 0 saturated carbocycles. The highest BCUT2D eigenvalue weighted by atomic mass is 35.5. The van der Waals surface area contributed by atoms with E-state index < -0.39 is 0 Å². The molecule has 5 heteroatoms. The maximum atomic E-state index is 12.5. The molecular weight excluding hydrogens is 280 g/mol. The molecule has 1 aromatic heterocycles. The van der Waals surface area contributed by atoms with Crippen LogP contribution in [0.5, 0.6) is 0 Å². The number of nitrogens with zero attached hydrogens (tertiary/aromatic N) is 1. The first-order valence-corrected chi connectivity index (χ1v) is 8.18. The van der Waals surface area contributed by atoms with Crippen LogP contribution in [0.3, 0.4) is 0 Å². The third-order valence-corrected chi connectivity index (χ3v) is 4.68. The quantitative estimate of drug-likeness (QED) is 0.873. The molecule has 1 fully saturated rings. The van der Waals surface area contributed by atoms with Crippen LogP contribution in [0.25, 0.3) is 0 Å². The number of thiophene rings is 1. The molecule has 3 nitrogen and oxygen atoms in total. The van der Waals surface area contributed by atoms with Crippen molar-refractivity contribution in [1.82, 2.24) is 10.2 Å². The van der Waals surface area contributed by atoms with Gasteiger partial charge in [-0.2, -0.15) is 0 Å². The van der Waals surface area contributed by atoms with Crippen LogP contribution >= 0.6 is 22.9 Å². The van der Waals surface area contributed by atoms with Gasteiger partial charge in [-0.05, 0) is 37.9 Å². The highest BCUT2D eigenvalue weighted by Gasteiger charge is 2.22. The standard InChI is InChI=1S/C14H21ClN2OS/c1-2-3-9-17(10-11-5-4-8-16-11)14(18)12-6-7-13(15)19-12/h6-7,11,16H,2-5,8-10H2,1H3. The lowest BCUT2D eigenvalue weighted by molar-refractivity contribution is 0.0744. The molecule has 1 aliphatic heterocycles. The molecule has 19 heavy (non-hydrogen) atoms. The molecule has 0 bridgehead atoms. The molecule has 2 rings (SSSR count). The maximum absolute atomic E-state index is 12.5. The van der Waals surface area contributed by atoms with Crippen molar-refractivity contribution in [3.8, 4) is 0 Å². The average molecular weight is 301 g/mol. The van der Waals surface area contributed by atoms with Gasteiger partial charge in [0.05, 0.1) is 9.21 Å². The zero-order valence-corrected chi connectivity index (χ0v) is 12.9. The van der Waals surface area contributed by atoms with Gasteiger partial charge < -0.3 is 10.2 Å². The fourth-order valence-electron chi connectivity index (χ4n) is 2.39.